The number of amides is 3. The van der Waals surface area contributed by atoms with E-state index in [0.29, 0.717) is 22.1 Å². The van der Waals surface area contributed by atoms with Crippen LogP contribution in [0.5, 0.6) is 0 Å². The number of halogens is 1. The standard InChI is InChI=1S/C22H17BrN2O3/c1-3-24(20(26)14-9-7-13(2)8-10-14)25-21(27)16-6-4-5-15-18(23)12-11-17(19(15)16)22(25)28/h4-12H,3H2,1-2H3. The number of carbonyl (C=O) groups is 3. The number of aryl methyl sites for hydroxylation is 1. The highest BCUT2D eigenvalue weighted by Gasteiger charge is 2.38. The SMILES string of the molecule is CCN(C(=O)c1ccc(C)cc1)N1C(=O)c2cccc3c(Br)ccc(c23)C1=O. The first kappa shape index (κ1) is 18.4. The molecule has 5 nitrogen and oxygen atoms in total. The van der Waals surface area contributed by atoms with Crippen LogP contribution in [0.2, 0.25) is 0 Å². The average Bonchev–Trinajstić information content (AvgIpc) is 2.70. The van der Waals surface area contributed by atoms with Gasteiger partial charge >= 0.3 is 0 Å². The Balaban J connectivity index is 1.83. The van der Waals surface area contributed by atoms with Crippen LogP contribution in [0.1, 0.15) is 43.6 Å². The van der Waals surface area contributed by atoms with Crippen molar-refractivity contribution in [2.24, 2.45) is 0 Å². The molecule has 28 heavy (non-hydrogen) atoms. The second-order valence-electron chi connectivity index (χ2n) is 6.63. The van der Waals surface area contributed by atoms with Crippen LogP contribution in [0.15, 0.2) is 59.1 Å². The van der Waals surface area contributed by atoms with E-state index >= 15 is 0 Å². The van der Waals surface area contributed by atoms with Crippen LogP contribution >= 0.6 is 15.9 Å². The molecule has 0 fully saturated rings. The molecule has 3 amide bonds. The lowest BCUT2D eigenvalue weighted by atomic mass is 9.95. The second-order valence-corrected chi connectivity index (χ2v) is 7.49. The number of hydrazine groups is 1. The summed E-state index contributed by atoms with van der Waals surface area (Å²) in [5, 5.41) is 3.58. The Morgan fingerprint density at radius 2 is 1.61 bits per heavy atom. The van der Waals surface area contributed by atoms with Crippen molar-refractivity contribution < 1.29 is 14.4 Å². The summed E-state index contributed by atoms with van der Waals surface area (Å²) in [6.07, 6.45) is 0. The zero-order valence-electron chi connectivity index (χ0n) is 15.4. The van der Waals surface area contributed by atoms with Crippen LogP contribution in [-0.2, 0) is 0 Å². The van der Waals surface area contributed by atoms with Gasteiger partial charge < -0.3 is 0 Å². The van der Waals surface area contributed by atoms with E-state index in [2.05, 4.69) is 15.9 Å². The molecule has 0 atom stereocenters. The molecule has 0 radical (unpaired) electrons. The maximum absolute atomic E-state index is 13.2. The monoisotopic (exact) mass is 436 g/mol. The Morgan fingerprint density at radius 3 is 2.25 bits per heavy atom. The van der Waals surface area contributed by atoms with Gasteiger partial charge in [0.05, 0.1) is 11.1 Å². The van der Waals surface area contributed by atoms with E-state index in [1.807, 2.05) is 25.1 Å². The van der Waals surface area contributed by atoms with Crippen LogP contribution < -0.4 is 0 Å². The highest BCUT2D eigenvalue weighted by atomic mass is 79.9. The fraction of sp³-hybridized carbons (Fsp3) is 0.136. The van der Waals surface area contributed by atoms with Crippen molar-refractivity contribution in [3.05, 3.63) is 81.3 Å². The van der Waals surface area contributed by atoms with Gasteiger partial charge in [-0.3, -0.25) is 14.4 Å². The molecular formula is C22H17BrN2O3. The molecule has 0 saturated carbocycles. The predicted octanol–water partition coefficient (Wildman–Crippen LogP) is 4.58. The quantitative estimate of drug-likeness (QED) is 0.564. The van der Waals surface area contributed by atoms with E-state index in [0.717, 1.165) is 20.4 Å². The number of benzene rings is 3. The lowest BCUT2D eigenvalue weighted by Crippen LogP contribution is -2.54. The number of rotatable bonds is 3. The summed E-state index contributed by atoms with van der Waals surface area (Å²) in [5.74, 6) is -1.39. The van der Waals surface area contributed by atoms with Gasteiger partial charge in [-0.05, 0) is 49.6 Å². The number of imide groups is 1. The first-order valence-corrected chi connectivity index (χ1v) is 9.71. The third-order valence-electron chi connectivity index (χ3n) is 4.91. The Hall–Kier alpha value is -2.99. The minimum absolute atomic E-state index is 0.187. The second kappa shape index (κ2) is 6.87. The Labute approximate surface area is 170 Å². The van der Waals surface area contributed by atoms with E-state index in [1.54, 1.807) is 43.3 Å². The van der Waals surface area contributed by atoms with Crippen molar-refractivity contribution in [1.29, 1.82) is 0 Å². The Kier molecular flexibility index (Phi) is 4.51. The van der Waals surface area contributed by atoms with Gasteiger partial charge in [-0.15, -0.1) is 0 Å². The molecule has 0 spiro atoms. The van der Waals surface area contributed by atoms with Gasteiger partial charge in [-0.25, -0.2) is 5.01 Å². The van der Waals surface area contributed by atoms with Crippen LogP contribution in [0, 0.1) is 6.92 Å². The summed E-state index contributed by atoms with van der Waals surface area (Å²) in [6, 6.07) is 15.8. The fourth-order valence-electron chi connectivity index (χ4n) is 3.49. The van der Waals surface area contributed by atoms with E-state index in [-0.39, 0.29) is 6.54 Å². The normalized spacial score (nSPS) is 13.2. The van der Waals surface area contributed by atoms with Crippen LogP contribution in [0.4, 0.5) is 0 Å². The van der Waals surface area contributed by atoms with Crippen LogP contribution in [0.25, 0.3) is 10.8 Å². The van der Waals surface area contributed by atoms with Crippen molar-refractivity contribution in [2.45, 2.75) is 13.8 Å². The first-order chi connectivity index (χ1) is 13.4. The van der Waals surface area contributed by atoms with Gasteiger partial charge in [0.15, 0.2) is 0 Å². The van der Waals surface area contributed by atoms with E-state index in [1.165, 1.54) is 5.01 Å². The molecule has 1 aliphatic rings. The Bertz CT molecular complexity index is 1120. The highest BCUT2D eigenvalue weighted by Crippen LogP contribution is 2.35. The molecule has 0 saturated heterocycles. The number of hydrogen-bond donors (Lipinski definition) is 0. The minimum atomic E-state index is -0.497. The zero-order valence-corrected chi connectivity index (χ0v) is 17.0. The van der Waals surface area contributed by atoms with E-state index < -0.39 is 17.7 Å². The molecule has 1 heterocycles. The highest BCUT2D eigenvalue weighted by molar-refractivity contribution is 9.10. The maximum atomic E-state index is 13.2. The van der Waals surface area contributed by atoms with Gasteiger partial charge in [0.25, 0.3) is 17.7 Å². The zero-order chi connectivity index (χ0) is 20.0. The summed E-state index contributed by atoms with van der Waals surface area (Å²) in [7, 11) is 0. The minimum Gasteiger partial charge on any atom is -0.267 e. The average molecular weight is 437 g/mol. The molecular weight excluding hydrogens is 420 g/mol. The predicted molar refractivity (Wildman–Crippen MR) is 110 cm³/mol. The third-order valence-corrected chi connectivity index (χ3v) is 5.60. The lowest BCUT2D eigenvalue weighted by molar-refractivity contribution is 0.00182. The smallest absolute Gasteiger partial charge is 0.267 e. The van der Waals surface area contributed by atoms with E-state index in [9.17, 15) is 14.4 Å². The van der Waals surface area contributed by atoms with Crippen molar-refractivity contribution in [3.8, 4) is 0 Å². The summed E-state index contributed by atoms with van der Waals surface area (Å²) >= 11 is 3.47. The van der Waals surface area contributed by atoms with Crippen molar-refractivity contribution in [3.63, 3.8) is 0 Å². The molecule has 0 unspecified atom stereocenters. The molecule has 0 aromatic heterocycles. The molecule has 0 aliphatic carbocycles. The third kappa shape index (κ3) is 2.72. The number of hydrogen-bond acceptors (Lipinski definition) is 3. The van der Waals surface area contributed by atoms with Crippen molar-refractivity contribution >= 4 is 44.4 Å². The lowest BCUT2D eigenvalue weighted by Gasteiger charge is -2.35. The number of nitrogens with zero attached hydrogens (tertiary/aromatic N) is 2. The van der Waals surface area contributed by atoms with Gasteiger partial charge in [0.2, 0.25) is 0 Å². The summed E-state index contributed by atoms with van der Waals surface area (Å²) < 4.78 is 0.810. The van der Waals surface area contributed by atoms with Gasteiger partial charge in [-0.2, -0.15) is 5.01 Å². The van der Waals surface area contributed by atoms with Crippen LogP contribution in [0.3, 0.4) is 0 Å². The molecule has 6 heteroatoms. The summed E-state index contributed by atoms with van der Waals surface area (Å²) in [5.41, 5.74) is 2.26. The molecule has 140 valence electrons. The van der Waals surface area contributed by atoms with Crippen LogP contribution in [-0.4, -0.2) is 34.3 Å². The fourth-order valence-corrected chi connectivity index (χ4v) is 3.95. The maximum Gasteiger partial charge on any atom is 0.280 e. The first-order valence-electron chi connectivity index (χ1n) is 8.92. The summed E-state index contributed by atoms with van der Waals surface area (Å²) in [4.78, 5) is 39.5. The molecule has 4 rings (SSSR count). The molecule has 3 aromatic carbocycles. The van der Waals surface area contributed by atoms with E-state index in [4.69, 9.17) is 0 Å². The molecule has 1 aliphatic heterocycles. The topological polar surface area (TPSA) is 57.7 Å². The molecule has 3 aromatic rings. The number of carbonyl (C=O) groups excluding carboxylic acids is 3. The van der Waals surface area contributed by atoms with Gasteiger partial charge in [0.1, 0.15) is 0 Å². The molecule has 0 bridgehead atoms. The Morgan fingerprint density at radius 1 is 0.964 bits per heavy atom. The van der Waals surface area contributed by atoms with Gasteiger partial charge in [-0.1, -0.05) is 45.8 Å². The van der Waals surface area contributed by atoms with Crippen molar-refractivity contribution in [2.75, 3.05) is 6.54 Å². The van der Waals surface area contributed by atoms with Crippen molar-refractivity contribution in [1.82, 2.24) is 10.0 Å². The van der Waals surface area contributed by atoms with Gasteiger partial charge in [0, 0.05) is 22.0 Å². The summed E-state index contributed by atoms with van der Waals surface area (Å²) in [6.45, 7) is 3.86. The largest absolute Gasteiger partial charge is 0.280 e. The molecule has 0 N–H and O–H groups in total.